The van der Waals surface area contributed by atoms with Gasteiger partial charge in [0.25, 0.3) is 0 Å². The van der Waals surface area contributed by atoms with Gasteiger partial charge in [-0.1, -0.05) is 23.9 Å². The van der Waals surface area contributed by atoms with E-state index in [1.54, 1.807) is 18.9 Å². The minimum Gasteiger partial charge on any atom is -0.497 e. The molecule has 2 aromatic carbocycles. The summed E-state index contributed by atoms with van der Waals surface area (Å²) >= 11 is 1.65. The van der Waals surface area contributed by atoms with E-state index < -0.39 is 0 Å². The molecule has 0 spiro atoms. The third-order valence-corrected chi connectivity index (χ3v) is 5.32. The van der Waals surface area contributed by atoms with Gasteiger partial charge in [0.2, 0.25) is 5.16 Å². The van der Waals surface area contributed by atoms with E-state index in [2.05, 4.69) is 17.1 Å². The van der Waals surface area contributed by atoms with Gasteiger partial charge in [0, 0.05) is 5.56 Å². The lowest BCUT2D eigenvalue weighted by Crippen LogP contribution is -2.21. The predicted molar refractivity (Wildman–Crippen MR) is 107 cm³/mol. The highest BCUT2D eigenvalue weighted by Crippen LogP contribution is 2.33. The fourth-order valence-electron chi connectivity index (χ4n) is 2.96. The van der Waals surface area contributed by atoms with Crippen molar-refractivity contribution in [3.63, 3.8) is 0 Å². The van der Waals surface area contributed by atoms with Crippen molar-refractivity contribution in [2.24, 2.45) is 5.10 Å². The molecule has 1 aromatic heterocycles. The smallest absolute Gasteiger partial charge is 0.213 e. The SMILES string of the molecule is CCOc1ccc(C2=Nn3c(nnc3-c3cccc(OC)c3)S[C@@H]2C)cc1. The molecule has 0 amide bonds. The molecule has 0 aliphatic carbocycles. The molecule has 0 unspecified atom stereocenters. The van der Waals surface area contributed by atoms with Gasteiger partial charge in [-0.3, -0.25) is 0 Å². The van der Waals surface area contributed by atoms with Crippen molar-refractivity contribution in [1.29, 1.82) is 0 Å². The molecule has 3 aromatic rings. The van der Waals surface area contributed by atoms with Crippen LogP contribution in [0.4, 0.5) is 0 Å². The van der Waals surface area contributed by atoms with E-state index in [1.807, 2.05) is 60.1 Å². The molecule has 0 fully saturated rings. The maximum Gasteiger partial charge on any atom is 0.213 e. The first-order valence-electron chi connectivity index (χ1n) is 8.78. The molecule has 0 N–H and O–H groups in total. The van der Waals surface area contributed by atoms with Crippen molar-refractivity contribution in [2.75, 3.05) is 13.7 Å². The van der Waals surface area contributed by atoms with Crippen LogP contribution in [0.1, 0.15) is 19.4 Å². The van der Waals surface area contributed by atoms with Crippen LogP contribution in [0.25, 0.3) is 11.4 Å². The van der Waals surface area contributed by atoms with Crippen molar-refractivity contribution in [1.82, 2.24) is 14.9 Å². The molecule has 0 radical (unpaired) electrons. The Labute approximate surface area is 162 Å². The molecule has 1 aliphatic rings. The van der Waals surface area contributed by atoms with Gasteiger partial charge in [-0.2, -0.15) is 9.78 Å². The first-order chi connectivity index (χ1) is 13.2. The zero-order chi connectivity index (χ0) is 18.8. The van der Waals surface area contributed by atoms with E-state index in [9.17, 15) is 0 Å². The number of hydrogen-bond donors (Lipinski definition) is 0. The average Bonchev–Trinajstić information content (AvgIpc) is 3.11. The van der Waals surface area contributed by atoms with Crippen LogP contribution in [-0.4, -0.2) is 39.6 Å². The molecule has 4 rings (SSSR count). The lowest BCUT2D eigenvalue weighted by Gasteiger charge is -2.20. The Kier molecular flexibility index (Phi) is 4.85. The molecule has 138 valence electrons. The van der Waals surface area contributed by atoms with Gasteiger partial charge >= 0.3 is 0 Å². The molecule has 0 saturated carbocycles. The summed E-state index contributed by atoms with van der Waals surface area (Å²) in [5.41, 5.74) is 2.96. The van der Waals surface area contributed by atoms with Crippen LogP contribution in [0.15, 0.2) is 58.8 Å². The van der Waals surface area contributed by atoms with Crippen molar-refractivity contribution < 1.29 is 9.47 Å². The zero-order valence-electron chi connectivity index (χ0n) is 15.4. The number of thioether (sulfide) groups is 1. The summed E-state index contributed by atoms with van der Waals surface area (Å²) in [4.78, 5) is 0. The number of benzene rings is 2. The van der Waals surface area contributed by atoms with Crippen molar-refractivity contribution in [2.45, 2.75) is 24.3 Å². The molecule has 2 heterocycles. The maximum absolute atomic E-state index is 5.54. The quantitative estimate of drug-likeness (QED) is 0.667. The Balaban J connectivity index is 1.74. The second kappa shape index (κ2) is 7.44. The van der Waals surface area contributed by atoms with Gasteiger partial charge in [0.15, 0.2) is 5.82 Å². The fourth-order valence-corrected chi connectivity index (χ4v) is 3.88. The maximum atomic E-state index is 5.54. The summed E-state index contributed by atoms with van der Waals surface area (Å²) in [6.07, 6.45) is 0. The number of ether oxygens (including phenoxy) is 2. The minimum atomic E-state index is 0.179. The summed E-state index contributed by atoms with van der Waals surface area (Å²) in [6.45, 7) is 4.76. The van der Waals surface area contributed by atoms with Crippen molar-refractivity contribution in [3.8, 4) is 22.9 Å². The summed E-state index contributed by atoms with van der Waals surface area (Å²) in [5.74, 6) is 2.34. The summed E-state index contributed by atoms with van der Waals surface area (Å²) < 4.78 is 12.7. The van der Waals surface area contributed by atoms with Gasteiger partial charge in [-0.25, -0.2) is 0 Å². The second-order valence-electron chi connectivity index (χ2n) is 6.05. The average molecular weight is 380 g/mol. The van der Waals surface area contributed by atoms with E-state index in [4.69, 9.17) is 14.6 Å². The van der Waals surface area contributed by atoms with E-state index in [-0.39, 0.29) is 5.25 Å². The number of aromatic nitrogens is 3. The monoisotopic (exact) mass is 380 g/mol. The highest BCUT2D eigenvalue weighted by Gasteiger charge is 2.26. The lowest BCUT2D eigenvalue weighted by molar-refractivity contribution is 0.340. The van der Waals surface area contributed by atoms with Crippen LogP contribution in [0.5, 0.6) is 11.5 Å². The van der Waals surface area contributed by atoms with E-state index in [0.717, 1.165) is 33.5 Å². The molecule has 27 heavy (non-hydrogen) atoms. The number of fused-ring (bicyclic) bond motifs is 1. The molecule has 1 aliphatic heterocycles. The molecule has 1 atom stereocenters. The fraction of sp³-hybridized carbons (Fsp3) is 0.250. The molecule has 0 bridgehead atoms. The Morgan fingerprint density at radius 2 is 1.85 bits per heavy atom. The number of hydrogen-bond acceptors (Lipinski definition) is 6. The zero-order valence-corrected chi connectivity index (χ0v) is 16.2. The normalized spacial score (nSPS) is 15.8. The molecular weight excluding hydrogens is 360 g/mol. The van der Waals surface area contributed by atoms with Crippen LogP contribution in [0.3, 0.4) is 0 Å². The Morgan fingerprint density at radius 3 is 2.59 bits per heavy atom. The van der Waals surface area contributed by atoms with E-state index >= 15 is 0 Å². The number of methoxy groups -OCH3 is 1. The Hall–Kier alpha value is -2.80. The van der Waals surface area contributed by atoms with Gasteiger partial charge in [-0.05, 0) is 55.8 Å². The van der Waals surface area contributed by atoms with E-state index in [1.165, 1.54) is 0 Å². The molecule has 7 heteroatoms. The first-order valence-corrected chi connectivity index (χ1v) is 9.66. The van der Waals surface area contributed by atoms with Crippen LogP contribution in [0.2, 0.25) is 0 Å². The van der Waals surface area contributed by atoms with Gasteiger partial charge in [0.05, 0.1) is 24.7 Å². The minimum absolute atomic E-state index is 0.179. The standard InChI is InChI=1S/C20H20N4O2S/c1-4-26-16-10-8-14(9-11-16)18-13(2)27-20-22-21-19(24(20)23-18)15-6-5-7-17(12-15)25-3/h5-13H,4H2,1-3H3/t13-/m1/s1. The first kappa shape index (κ1) is 17.6. The van der Waals surface area contributed by atoms with Gasteiger partial charge in [-0.15, -0.1) is 10.2 Å². The predicted octanol–water partition coefficient (Wildman–Crippen LogP) is 4.10. The van der Waals surface area contributed by atoms with Crippen LogP contribution in [0, 0.1) is 0 Å². The highest BCUT2D eigenvalue weighted by molar-refractivity contribution is 8.00. The third kappa shape index (κ3) is 3.42. The van der Waals surface area contributed by atoms with Crippen LogP contribution in [-0.2, 0) is 0 Å². The van der Waals surface area contributed by atoms with Crippen molar-refractivity contribution in [3.05, 3.63) is 54.1 Å². The third-order valence-electron chi connectivity index (χ3n) is 4.28. The second-order valence-corrected chi connectivity index (χ2v) is 7.36. The van der Waals surface area contributed by atoms with Crippen LogP contribution < -0.4 is 9.47 Å². The largest absolute Gasteiger partial charge is 0.497 e. The number of rotatable bonds is 5. The van der Waals surface area contributed by atoms with Crippen LogP contribution >= 0.6 is 11.8 Å². The Bertz CT molecular complexity index is 982. The lowest BCUT2D eigenvalue weighted by atomic mass is 10.1. The number of nitrogens with zero attached hydrogens (tertiary/aromatic N) is 4. The van der Waals surface area contributed by atoms with Crippen molar-refractivity contribution >= 4 is 17.5 Å². The topological polar surface area (TPSA) is 61.5 Å². The Morgan fingerprint density at radius 1 is 1.04 bits per heavy atom. The van der Waals surface area contributed by atoms with Gasteiger partial charge in [0.1, 0.15) is 11.5 Å². The van der Waals surface area contributed by atoms with Gasteiger partial charge < -0.3 is 9.47 Å². The summed E-state index contributed by atoms with van der Waals surface area (Å²) in [5, 5.41) is 14.5. The summed E-state index contributed by atoms with van der Waals surface area (Å²) in [7, 11) is 1.65. The molecule has 6 nitrogen and oxygen atoms in total. The highest BCUT2D eigenvalue weighted by atomic mass is 32.2. The molecule has 0 saturated heterocycles. The van der Waals surface area contributed by atoms with E-state index in [0.29, 0.717) is 12.4 Å². The molecular formula is C20H20N4O2S. The summed E-state index contributed by atoms with van der Waals surface area (Å²) in [6, 6.07) is 15.8.